The van der Waals surface area contributed by atoms with Crippen molar-refractivity contribution in [3.05, 3.63) is 24.0 Å². The van der Waals surface area contributed by atoms with Crippen LogP contribution in [0.5, 0.6) is 0 Å². The molecule has 0 radical (unpaired) electrons. The van der Waals surface area contributed by atoms with E-state index in [1.54, 1.807) is 0 Å². The molecule has 124 valence electrons. The summed E-state index contributed by atoms with van der Waals surface area (Å²) in [6, 6.07) is 2.75. The number of alkyl halides is 1. The topological polar surface area (TPSA) is 83.6 Å². The van der Waals surface area contributed by atoms with E-state index in [1.165, 1.54) is 14.1 Å². The van der Waals surface area contributed by atoms with Crippen molar-refractivity contribution in [2.75, 3.05) is 24.6 Å². The molecule has 0 atom stereocenters. The Morgan fingerprint density at radius 1 is 1.23 bits per heavy atom. The molecule has 1 aromatic rings. The molecule has 10 heteroatoms. The molecule has 0 amide bonds. The number of benzene rings is 1. The zero-order valence-electron chi connectivity index (χ0n) is 12.0. The summed E-state index contributed by atoms with van der Waals surface area (Å²) in [4.78, 5) is -0.266. The molecule has 6 nitrogen and oxygen atoms in total. The maximum absolute atomic E-state index is 13.7. The Morgan fingerprint density at radius 3 is 2.32 bits per heavy atom. The number of hydrogen-bond acceptors (Lipinski definition) is 4. The monoisotopic (exact) mass is 354 g/mol. The summed E-state index contributed by atoms with van der Waals surface area (Å²) in [6.45, 7) is 0. The van der Waals surface area contributed by atoms with Crippen LogP contribution < -0.4 is 4.72 Å². The predicted octanol–water partition coefficient (Wildman–Crippen LogP) is 1.32. The predicted molar refractivity (Wildman–Crippen MR) is 77.8 cm³/mol. The van der Waals surface area contributed by atoms with Crippen LogP contribution in [0.2, 0.25) is 0 Å². The molecule has 0 saturated heterocycles. The van der Waals surface area contributed by atoms with E-state index in [0.29, 0.717) is 0 Å². The first-order valence-electron chi connectivity index (χ1n) is 6.37. The molecule has 22 heavy (non-hydrogen) atoms. The molecular weight excluding hydrogens is 338 g/mol. The first kappa shape index (κ1) is 17.1. The lowest BCUT2D eigenvalue weighted by Crippen LogP contribution is -2.26. The van der Waals surface area contributed by atoms with Gasteiger partial charge in [0.05, 0.1) is 10.6 Å². The molecule has 2 rings (SSSR count). The second-order valence-corrected chi connectivity index (χ2v) is 9.32. The lowest BCUT2D eigenvalue weighted by Gasteiger charge is -2.14. The van der Waals surface area contributed by atoms with Gasteiger partial charge in [0.1, 0.15) is 17.2 Å². The van der Waals surface area contributed by atoms with Gasteiger partial charge in [-0.05, 0) is 31.0 Å². The highest BCUT2D eigenvalue weighted by Crippen LogP contribution is 2.41. The maximum Gasteiger partial charge on any atom is 0.242 e. The van der Waals surface area contributed by atoms with Crippen molar-refractivity contribution in [3.63, 3.8) is 0 Å². The van der Waals surface area contributed by atoms with Crippen LogP contribution in [0.3, 0.4) is 0 Å². The normalized spacial score (nSPS) is 17.5. The summed E-state index contributed by atoms with van der Waals surface area (Å²) in [5, 5.41) is 0. The Kier molecular flexibility index (Phi) is 4.22. The molecule has 1 aliphatic rings. The first-order valence-corrected chi connectivity index (χ1v) is 9.46. The summed E-state index contributed by atoms with van der Waals surface area (Å²) in [5.74, 6) is -1.71. The smallest absolute Gasteiger partial charge is 0.242 e. The van der Waals surface area contributed by atoms with Gasteiger partial charge >= 0.3 is 0 Å². The molecule has 0 unspecified atom stereocenters. The third-order valence-electron chi connectivity index (χ3n) is 3.22. The average Bonchev–Trinajstić information content (AvgIpc) is 3.07. The van der Waals surface area contributed by atoms with Crippen molar-refractivity contribution in [1.82, 2.24) is 4.31 Å². The van der Waals surface area contributed by atoms with Gasteiger partial charge in [-0.2, -0.15) is 0 Å². The largest absolute Gasteiger partial charge is 0.280 e. The summed E-state index contributed by atoms with van der Waals surface area (Å²) in [5.41, 5.74) is -2.29. The van der Waals surface area contributed by atoms with E-state index in [-0.39, 0.29) is 17.7 Å². The van der Waals surface area contributed by atoms with Crippen LogP contribution >= 0.6 is 0 Å². The van der Waals surface area contributed by atoms with E-state index in [1.807, 2.05) is 4.72 Å². The number of rotatable bonds is 6. The highest BCUT2D eigenvalue weighted by atomic mass is 32.2. The van der Waals surface area contributed by atoms with E-state index in [9.17, 15) is 25.6 Å². The quantitative estimate of drug-likeness (QED) is 0.835. The Hall–Kier alpha value is -1.26. The van der Waals surface area contributed by atoms with Crippen LogP contribution in [0.25, 0.3) is 0 Å². The van der Waals surface area contributed by atoms with E-state index in [2.05, 4.69) is 0 Å². The van der Waals surface area contributed by atoms with E-state index in [4.69, 9.17) is 0 Å². The van der Waals surface area contributed by atoms with Gasteiger partial charge < -0.3 is 0 Å². The lowest BCUT2D eigenvalue weighted by atomic mass is 10.3. The van der Waals surface area contributed by atoms with Crippen LogP contribution in [0, 0.1) is 5.82 Å². The first-order chi connectivity index (χ1) is 9.95. The van der Waals surface area contributed by atoms with Gasteiger partial charge in [-0.25, -0.2) is 29.9 Å². The van der Waals surface area contributed by atoms with Crippen LogP contribution in [0.15, 0.2) is 23.1 Å². The second kappa shape index (κ2) is 5.43. The molecule has 1 fully saturated rings. The van der Waals surface area contributed by atoms with Crippen molar-refractivity contribution in [2.45, 2.75) is 23.4 Å². The van der Waals surface area contributed by atoms with Gasteiger partial charge in [0.25, 0.3) is 0 Å². The van der Waals surface area contributed by atoms with E-state index < -0.39 is 43.0 Å². The van der Waals surface area contributed by atoms with Crippen molar-refractivity contribution in [1.29, 1.82) is 0 Å². The molecule has 1 aromatic carbocycles. The van der Waals surface area contributed by atoms with Crippen molar-refractivity contribution in [2.24, 2.45) is 0 Å². The lowest BCUT2D eigenvalue weighted by molar-refractivity contribution is 0.341. The molecule has 0 aromatic heterocycles. The number of halogens is 2. The summed E-state index contributed by atoms with van der Waals surface area (Å²) >= 11 is 0. The summed E-state index contributed by atoms with van der Waals surface area (Å²) < 4.78 is 77.7. The number of sulfonamides is 2. The van der Waals surface area contributed by atoms with Gasteiger partial charge in [0, 0.05) is 14.1 Å². The third kappa shape index (κ3) is 3.73. The SMILES string of the molecule is CN(C)S(=O)(=O)c1ccc(F)c(NS(=O)(=O)CC2(F)CC2)c1. The fraction of sp³-hybridized carbons (Fsp3) is 0.500. The van der Waals surface area contributed by atoms with E-state index >= 15 is 0 Å². The van der Waals surface area contributed by atoms with Gasteiger partial charge in [-0.3, -0.25) is 4.72 Å². The van der Waals surface area contributed by atoms with Crippen LogP contribution in [-0.4, -0.2) is 46.7 Å². The highest BCUT2D eigenvalue weighted by Gasteiger charge is 2.47. The fourth-order valence-corrected chi connectivity index (χ4v) is 4.24. The number of nitrogens with one attached hydrogen (secondary N) is 1. The standard InChI is InChI=1S/C12H16F2N2O4S2/c1-16(2)22(19,20)9-3-4-10(13)11(7-9)15-21(17,18)8-12(14)5-6-12/h3-4,7,15H,5-6,8H2,1-2H3. The highest BCUT2D eigenvalue weighted by molar-refractivity contribution is 7.92. The zero-order valence-corrected chi connectivity index (χ0v) is 13.6. The molecule has 1 saturated carbocycles. The van der Waals surface area contributed by atoms with Crippen molar-refractivity contribution in [3.8, 4) is 0 Å². The Balaban J connectivity index is 2.32. The van der Waals surface area contributed by atoms with Crippen molar-refractivity contribution >= 4 is 25.7 Å². The van der Waals surface area contributed by atoms with Crippen LogP contribution in [-0.2, 0) is 20.0 Å². The second-order valence-electron chi connectivity index (χ2n) is 5.44. The summed E-state index contributed by atoms with van der Waals surface area (Å²) in [6.07, 6.45) is 0.289. The van der Waals surface area contributed by atoms with Gasteiger partial charge in [0.2, 0.25) is 20.0 Å². The molecule has 0 bridgehead atoms. The van der Waals surface area contributed by atoms with Crippen LogP contribution in [0.4, 0.5) is 14.5 Å². The molecule has 1 N–H and O–H groups in total. The molecule has 0 aliphatic heterocycles. The molecule has 0 spiro atoms. The Bertz CT molecular complexity index is 787. The average molecular weight is 354 g/mol. The van der Waals surface area contributed by atoms with Crippen LogP contribution in [0.1, 0.15) is 12.8 Å². The zero-order chi connectivity index (χ0) is 16.8. The molecule has 0 heterocycles. The van der Waals surface area contributed by atoms with Gasteiger partial charge in [-0.15, -0.1) is 0 Å². The van der Waals surface area contributed by atoms with Gasteiger partial charge in [0.15, 0.2) is 0 Å². The summed E-state index contributed by atoms with van der Waals surface area (Å²) in [7, 11) is -5.36. The van der Waals surface area contributed by atoms with Crippen molar-refractivity contribution < 1.29 is 25.6 Å². The minimum Gasteiger partial charge on any atom is -0.280 e. The fourth-order valence-electron chi connectivity index (χ4n) is 1.78. The number of nitrogens with zero attached hydrogens (tertiary/aromatic N) is 1. The van der Waals surface area contributed by atoms with E-state index in [0.717, 1.165) is 22.5 Å². The number of hydrogen-bond donors (Lipinski definition) is 1. The molecule has 1 aliphatic carbocycles. The maximum atomic E-state index is 13.7. The number of anilines is 1. The Labute approximate surface area is 128 Å². The molecular formula is C12H16F2N2O4S2. The van der Waals surface area contributed by atoms with Gasteiger partial charge in [-0.1, -0.05) is 0 Å². The minimum atomic E-state index is -4.11. The Morgan fingerprint density at radius 2 is 1.82 bits per heavy atom. The third-order valence-corrected chi connectivity index (χ3v) is 6.46. The minimum absolute atomic E-state index is 0.144.